The van der Waals surface area contributed by atoms with Crippen LogP contribution < -0.4 is 5.73 Å². The summed E-state index contributed by atoms with van der Waals surface area (Å²) < 4.78 is 1.94. The van der Waals surface area contributed by atoms with Crippen molar-refractivity contribution in [2.75, 3.05) is 24.6 Å². The van der Waals surface area contributed by atoms with Crippen molar-refractivity contribution in [2.45, 2.75) is 13.1 Å². The van der Waals surface area contributed by atoms with Gasteiger partial charge in [0.25, 0.3) is 0 Å². The van der Waals surface area contributed by atoms with Crippen molar-refractivity contribution < 1.29 is 0 Å². The summed E-state index contributed by atoms with van der Waals surface area (Å²) in [6, 6.07) is 12.3. The van der Waals surface area contributed by atoms with E-state index in [0.29, 0.717) is 12.5 Å². The molecule has 1 saturated heterocycles. The van der Waals surface area contributed by atoms with Gasteiger partial charge in [-0.05, 0) is 11.6 Å². The summed E-state index contributed by atoms with van der Waals surface area (Å²) in [4.78, 5) is 6.62. The number of benzene rings is 1. The molecule has 0 aliphatic carbocycles. The molecule has 6 heteroatoms. The molecule has 1 aliphatic heterocycles. The minimum absolute atomic E-state index is 0.539. The molecular formula is C16H21N5S. The maximum absolute atomic E-state index is 6.06. The number of nitrogens with two attached hydrogens (primary N) is 1. The Morgan fingerprint density at radius 2 is 1.95 bits per heavy atom. The standard InChI is InChI=1S/C16H21N5S/c17-16(20-8-10-22-11-9-20)18-12-15-6-7-21(19-15)13-14-4-2-1-3-5-14/h1-7H,8-13H2,(H2,17,18). The first-order valence-electron chi connectivity index (χ1n) is 7.50. The second-order valence-corrected chi connectivity index (χ2v) is 6.49. The van der Waals surface area contributed by atoms with E-state index in [9.17, 15) is 0 Å². The number of thioether (sulfide) groups is 1. The summed E-state index contributed by atoms with van der Waals surface area (Å²) in [5.41, 5.74) is 8.25. The van der Waals surface area contributed by atoms with Crippen LogP contribution >= 0.6 is 11.8 Å². The predicted molar refractivity (Wildman–Crippen MR) is 92.0 cm³/mol. The van der Waals surface area contributed by atoms with Crippen LogP contribution in [0.5, 0.6) is 0 Å². The number of rotatable bonds is 4. The van der Waals surface area contributed by atoms with Gasteiger partial charge in [0.1, 0.15) is 0 Å². The van der Waals surface area contributed by atoms with Gasteiger partial charge in [0.15, 0.2) is 5.96 Å². The summed E-state index contributed by atoms with van der Waals surface area (Å²) in [5.74, 6) is 2.89. The molecular weight excluding hydrogens is 294 g/mol. The Labute approximate surface area is 135 Å². The zero-order chi connectivity index (χ0) is 15.2. The average Bonchev–Trinajstić information content (AvgIpc) is 3.02. The van der Waals surface area contributed by atoms with Gasteiger partial charge >= 0.3 is 0 Å². The van der Waals surface area contributed by atoms with Crippen molar-refractivity contribution >= 4 is 17.7 Å². The van der Waals surface area contributed by atoms with Gasteiger partial charge in [0, 0.05) is 30.8 Å². The van der Waals surface area contributed by atoms with E-state index in [1.807, 2.05) is 46.9 Å². The van der Waals surface area contributed by atoms with Crippen LogP contribution in [0.3, 0.4) is 0 Å². The minimum Gasteiger partial charge on any atom is -0.370 e. The summed E-state index contributed by atoms with van der Waals surface area (Å²) in [6.45, 7) is 3.30. The molecule has 1 aromatic carbocycles. The third kappa shape index (κ3) is 4.04. The molecule has 5 nitrogen and oxygen atoms in total. The Hall–Kier alpha value is -1.95. The van der Waals surface area contributed by atoms with Crippen molar-refractivity contribution in [2.24, 2.45) is 10.7 Å². The molecule has 2 N–H and O–H groups in total. The molecule has 0 atom stereocenters. The Morgan fingerprint density at radius 3 is 2.73 bits per heavy atom. The third-order valence-electron chi connectivity index (χ3n) is 3.62. The van der Waals surface area contributed by atoms with Crippen molar-refractivity contribution in [1.29, 1.82) is 0 Å². The first-order valence-corrected chi connectivity index (χ1v) is 8.65. The molecule has 22 heavy (non-hydrogen) atoms. The van der Waals surface area contributed by atoms with Crippen LogP contribution in [0.1, 0.15) is 11.3 Å². The van der Waals surface area contributed by atoms with Gasteiger partial charge in [-0.1, -0.05) is 30.3 Å². The first-order chi connectivity index (χ1) is 10.8. The van der Waals surface area contributed by atoms with Crippen LogP contribution in [0.2, 0.25) is 0 Å². The molecule has 2 aromatic rings. The number of nitrogens with zero attached hydrogens (tertiary/aromatic N) is 4. The Kier molecular flexibility index (Phi) is 5.00. The summed E-state index contributed by atoms with van der Waals surface area (Å²) in [5, 5.41) is 4.55. The lowest BCUT2D eigenvalue weighted by Gasteiger charge is -2.27. The lowest BCUT2D eigenvalue weighted by Crippen LogP contribution is -2.42. The van der Waals surface area contributed by atoms with Gasteiger partial charge in [0.2, 0.25) is 0 Å². The van der Waals surface area contributed by atoms with Crippen molar-refractivity contribution in [1.82, 2.24) is 14.7 Å². The van der Waals surface area contributed by atoms with Gasteiger partial charge in [-0.2, -0.15) is 16.9 Å². The van der Waals surface area contributed by atoms with Crippen LogP contribution in [0, 0.1) is 0 Å². The molecule has 116 valence electrons. The largest absolute Gasteiger partial charge is 0.370 e. The van der Waals surface area contributed by atoms with E-state index in [4.69, 9.17) is 5.73 Å². The number of guanidine groups is 1. The zero-order valence-electron chi connectivity index (χ0n) is 12.6. The van der Waals surface area contributed by atoms with Gasteiger partial charge in [-0.25, -0.2) is 4.99 Å². The van der Waals surface area contributed by atoms with Crippen LogP contribution in [-0.4, -0.2) is 45.2 Å². The van der Waals surface area contributed by atoms with E-state index < -0.39 is 0 Å². The molecule has 1 aromatic heterocycles. The molecule has 0 radical (unpaired) electrons. The maximum Gasteiger partial charge on any atom is 0.191 e. The second-order valence-electron chi connectivity index (χ2n) is 5.26. The van der Waals surface area contributed by atoms with Crippen LogP contribution in [-0.2, 0) is 13.1 Å². The van der Waals surface area contributed by atoms with Gasteiger partial charge in [0.05, 0.1) is 18.8 Å². The molecule has 0 amide bonds. The van der Waals surface area contributed by atoms with Crippen molar-refractivity contribution in [3.05, 3.63) is 53.9 Å². The topological polar surface area (TPSA) is 59.4 Å². The fourth-order valence-corrected chi connectivity index (χ4v) is 3.30. The van der Waals surface area contributed by atoms with E-state index in [-0.39, 0.29) is 0 Å². The highest BCUT2D eigenvalue weighted by molar-refractivity contribution is 7.99. The quantitative estimate of drug-likeness (QED) is 0.690. The molecule has 1 aliphatic rings. The van der Waals surface area contributed by atoms with Gasteiger partial charge in [-0.15, -0.1) is 0 Å². The predicted octanol–water partition coefficient (Wildman–Crippen LogP) is 1.79. The highest BCUT2D eigenvalue weighted by Crippen LogP contribution is 2.09. The molecule has 0 unspecified atom stereocenters. The summed E-state index contributed by atoms with van der Waals surface area (Å²) in [6.07, 6.45) is 1.99. The Morgan fingerprint density at radius 1 is 1.18 bits per heavy atom. The Bertz CT molecular complexity index is 616. The monoisotopic (exact) mass is 315 g/mol. The summed E-state index contributed by atoms with van der Waals surface area (Å²) >= 11 is 1.97. The molecule has 2 heterocycles. The van der Waals surface area contributed by atoms with E-state index in [0.717, 1.165) is 36.8 Å². The molecule has 0 spiro atoms. The molecule has 3 rings (SSSR count). The molecule has 0 bridgehead atoms. The van der Waals surface area contributed by atoms with Crippen LogP contribution in [0.4, 0.5) is 0 Å². The van der Waals surface area contributed by atoms with E-state index in [2.05, 4.69) is 27.1 Å². The smallest absolute Gasteiger partial charge is 0.191 e. The van der Waals surface area contributed by atoms with Crippen molar-refractivity contribution in [3.63, 3.8) is 0 Å². The Balaban J connectivity index is 1.57. The number of aromatic nitrogens is 2. The van der Waals surface area contributed by atoms with Gasteiger partial charge in [-0.3, -0.25) is 4.68 Å². The summed E-state index contributed by atoms with van der Waals surface area (Å²) in [7, 11) is 0. The highest BCUT2D eigenvalue weighted by atomic mass is 32.2. The number of aliphatic imine (C=N–C) groups is 1. The fraction of sp³-hybridized carbons (Fsp3) is 0.375. The van der Waals surface area contributed by atoms with Crippen LogP contribution in [0.15, 0.2) is 47.6 Å². The van der Waals surface area contributed by atoms with E-state index in [1.54, 1.807) is 0 Å². The third-order valence-corrected chi connectivity index (χ3v) is 4.56. The van der Waals surface area contributed by atoms with Crippen LogP contribution in [0.25, 0.3) is 0 Å². The molecule has 1 fully saturated rings. The maximum atomic E-state index is 6.06. The van der Waals surface area contributed by atoms with Crippen molar-refractivity contribution in [3.8, 4) is 0 Å². The molecule has 0 saturated carbocycles. The lowest BCUT2D eigenvalue weighted by molar-refractivity contribution is 0.455. The van der Waals surface area contributed by atoms with E-state index in [1.165, 1.54) is 5.56 Å². The van der Waals surface area contributed by atoms with E-state index >= 15 is 0 Å². The SMILES string of the molecule is NC(=NCc1ccn(Cc2ccccc2)n1)N1CCSCC1. The first kappa shape index (κ1) is 15.0. The number of hydrogen-bond donors (Lipinski definition) is 1. The van der Waals surface area contributed by atoms with Gasteiger partial charge < -0.3 is 10.6 Å². The average molecular weight is 315 g/mol. The zero-order valence-corrected chi connectivity index (χ0v) is 13.4. The highest BCUT2D eigenvalue weighted by Gasteiger charge is 2.12. The normalized spacial score (nSPS) is 16.0. The second kappa shape index (κ2) is 7.35. The lowest BCUT2D eigenvalue weighted by atomic mass is 10.2. The number of hydrogen-bond acceptors (Lipinski definition) is 3. The minimum atomic E-state index is 0.539. The fourth-order valence-electron chi connectivity index (χ4n) is 2.40.